The molecule has 2 aromatic carbocycles. The van der Waals surface area contributed by atoms with Gasteiger partial charge in [0.15, 0.2) is 0 Å². The first-order valence-corrected chi connectivity index (χ1v) is 11.0. The Morgan fingerprint density at radius 3 is 2.50 bits per heavy atom. The third kappa shape index (κ3) is 6.38. The first-order chi connectivity index (χ1) is 15.5. The Hall–Kier alpha value is -2.74. The molecule has 0 aliphatic heterocycles. The number of aliphatic hydroxyl groups is 1. The quantitative estimate of drug-likeness (QED) is 0.444. The van der Waals surface area contributed by atoms with Gasteiger partial charge >= 0.3 is 0 Å². The number of methoxy groups -OCH3 is 1. The van der Waals surface area contributed by atoms with Gasteiger partial charge in [-0.1, -0.05) is 43.7 Å². The minimum Gasteiger partial charge on any atom is -0.439 e. The lowest BCUT2D eigenvalue weighted by Crippen LogP contribution is -2.34. The Kier molecular flexibility index (Phi) is 8.79. The van der Waals surface area contributed by atoms with Crippen molar-refractivity contribution in [1.82, 2.24) is 14.7 Å². The standard InChI is InChI=1S/C25H32FN3O3/c1-4-8-21(30)17-29(15-16-31-3)18-23-24(19-9-6-5-7-10-19)27-28(2)25(23)32-22-13-11-20(26)12-14-22/h5-7,9-14,21,30H,4,8,15-18H2,1-3H3/t21-/m1/s1. The molecule has 0 aliphatic rings. The normalized spacial score (nSPS) is 12.3. The number of aliphatic hydroxyl groups excluding tert-OH is 1. The maximum absolute atomic E-state index is 13.4. The zero-order valence-electron chi connectivity index (χ0n) is 19.0. The zero-order valence-corrected chi connectivity index (χ0v) is 19.0. The van der Waals surface area contributed by atoms with E-state index in [0.29, 0.717) is 37.9 Å². The number of hydrogen-bond acceptors (Lipinski definition) is 5. The molecule has 0 saturated carbocycles. The summed E-state index contributed by atoms with van der Waals surface area (Å²) >= 11 is 0. The number of nitrogens with zero attached hydrogens (tertiary/aromatic N) is 3. The number of aromatic nitrogens is 2. The summed E-state index contributed by atoms with van der Waals surface area (Å²) in [7, 11) is 3.50. The molecule has 0 aliphatic carbocycles. The van der Waals surface area contributed by atoms with E-state index in [-0.39, 0.29) is 5.82 Å². The van der Waals surface area contributed by atoms with Gasteiger partial charge in [0.2, 0.25) is 5.88 Å². The summed E-state index contributed by atoms with van der Waals surface area (Å²) in [5.74, 6) is 0.802. The van der Waals surface area contributed by atoms with Crippen LogP contribution in [-0.4, -0.2) is 52.7 Å². The van der Waals surface area contributed by atoms with Crippen LogP contribution in [0.4, 0.5) is 4.39 Å². The van der Waals surface area contributed by atoms with Crippen LogP contribution in [0.5, 0.6) is 11.6 Å². The molecule has 0 amide bonds. The van der Waals surface area contributed by atoms with Crippen molar-refractivity contribution >= 4 is 0 Å². The van der Waals surface area contributed by atoms with Crippen LogP contribution in [0, 0.1) is 5.82 Å². The molecule has 3 aromatic rings. The SMILES string of the molecule is CCC[C@@H](O)CN(CCOC)Cc1c(-c2ccccc2)nn(C)c1Oc1ccc(F)cc1. The third-order valence-corrected chi connectivity index (χ3v) is 5.25. The molecule has 0 saturated heterocycles. The summed E-state index contributed by atoms with van der Waals surface area (Å²) in [4.78, 5) is 2.16. The van der Waals surface area contributed by atoms with Gasteiger partial charge in [0.05, 0.1) is 18.3 Å². The van der Waals surface area contributed by atoms with E-state index in [0.717, 1.165) is 29.7 Å². The van der Waals surface area contributed by atoms with Crippen molar-refractivity contribution in [3.05, 3.63) is 66.0 Å². The second-order valence-electron chi connectivity index (χ2n) is 7.85. The van der Waals surface area contributed by atoms with Crippen LogP contribution < -0.4 is 4.74 Å². The van der Waals surface area contributed by atoms with E-state index in [9.17, 15) is 9.50 Å². The lowest BCUT2D eigenvalue weighted by molar-refractivity contribution is 0.0797. The fraction of sp³-hybridized carbons (Fsp3) is 0.400. The molecule has 1 aromatic heterocycles. The highest BCUT2D eigenvalue weighted by molar-refractivity contribution is 5.65. The Morgan fingerprint density at radius 2 is 1.84 bits per heavy atom. The van der Waals surface area contributed by atoms with E-state index in [2.05, 4.69) is 11.8 Å². The first-order valence-electron chi connectivity index (χ1n) is 11.0. The van der Waals surface area contributed by atoms with Crippen molar-refractivity contribution in [2.75, 3.05) is 26.8 Å². The molecule has 0 bridgehead atoms. The van der Waals surface area contributed by atoms with Gasteiger partial charge in [0.25, 0.3) is 0 Å². The van der Waals surface area contributed by atoms with E-state index in [1.807, 2.05) is 37.4 Å². The maximum Gasteiger partial charge on any atom is 0.222 e. The molecule has 7 heteroatoms. The summed E-state index contributed by atoms with van der Waals surface area (Å²) < 4.78 is 26.5. The van der Waals surface area contributed by atoms with E-state index in [1.165, 1.54) is 12.1 Å². The predicted molar refractivity (Wildman–Crippen MR) is 123 cm³/mol. The van der Waals surface area contributed by atoms with Crippen molar-refractivity contribution < 1.29 is 19.0 Å². The summed E-state index contributed by atoms with van der Waals surface area (Å²) in [6.07, 6.45) is 1.23. The number of ether oxygens (including phenoxy) is 2. The van der Waals surface area contributed by atoms with Crippen molar-refractivity contribution in [2.45, 2.75) is 32.4 Å². The van der Waals surface area contributed by atoms with Crippen LogP contribution in [0.3, 0.4) is 0 Å². The number of benzene rings is 2. The third-order valence-electron chi connectivity index (χ3n) is 5.25. The monoisotopic (exact) mass is 441 g/mol. The van der Waals surface area contributed by atoms with Gasteiger partial charge < -0.3 is 14.6 Å². The summed E-state index contributed by atoms with van der Waals surface area (Å²) in [6.45, 7) is 4.32. The largest absolute Gasteiger partial charge is 0.439 e. The highest BCUT2D eigenvalue weighted by Crippen LogP contribution is 2.34. The van der Waals surface area contributed by atoms with E-state index < -0.39 is 6.10 Å². The van der Waals surface area contributed by atoms with E-state index in [4.69, 9.17) is 14.6 Å². The topological polar surface area (TPSA) is 59.8 Å². The molecule has 32 heavy (non-hydrogen) atoms. The molecule has 172 valence electrons. The number of aryl methyl sites for hydroxylation is 1. The fourth-order valence-electron chi connectivity index (χ4n) is 3.67. The average molecular weight is 442 g/mol. The second kappa shape index (κ2) is 11.8. The van der Waals surface area contributed by atoms with Gasteiger partial charge in [-0.25, -0.2) is 9.07 Å². The molecule has 0 spiro atoms. The first kappa shape index (κ1) is 23.9. The zero-order chi connectivity index (χ0) is 22.9. The van der Waals surface area contributed by atoms with Crippen LogP contribution in [0.1, 0.15) is 25.3 Å². The molecule has 1 heterocycles. The molecular formula is C25H32FN3O3. The molecule has 0 unspecified atom stereocenters. The Bertz CT molecular complexity index is 961. The Balaban J connectivity index is 1.98. The van der Waals surface area contributed by atoms with Crippen LogP contribution in [-0.2, 0) is 18.3 Å². The number of halogens is 1. The smallest absolute Gasteiger partial charge is 0.222 e. The van der Waals surface area contributed by atoms with Gasteiger partial charge in [0, 0.05) is 39.4 Å². The minimum atomic E-state index is -0.421. The van der Waals surface area contributed by atoms with Gasteiger partial charge in [-0.15, -0.1) is 0 Å². The second-order valence-corrected chi connectivity index (χ2v) is 7.85. The highest BCUT2D eigenvalue weighted by atomic mass is 19.1. The van der Waals surface area contributed by atoms with Crippen molar-refractivity contribution in [1.29, 1.82) is 0 Å². The lowest BCUT2D eigenvalue weighted by Gasteiger charge is -2.25. The molecule has 0 fully saturated rings. The molecule has 1 atom stereocenters. The average Bonchev–Trinajstić information content (AvgIpc) is 3.09. The van der Waals surface area contributed by atoms with Crippen molar-refractivity contribution in [2.24, 2.45) is 7.05 Å². The Morgan fingerprint density at radius 1 is 1.12 bits per heavy atom. The number of hydrogen-bond donors (Lipinski definition) is 1. The highest BCUT2D eigenvalue weighted by Gasteiger charge is 2.23. The van der Waals surface area contributed by atoms with Gasteiger partial charge in [-0.3, -0.25) is 4.90 Å². The summed E-state index contributed by atoms with van der Waals surface area (Å²) in [5, 5.41) is 15.2. The van der Waals surface area contributed by atoms with Gasteiger partial charge in [-0.2, -0.15) is 5.10 Å². The van der Waals surface area contributed by atoms with E-state index >= 15 is 0 Å². The molecule has 3 rings (SSSR count). The summed E-state index contributed by atoms with van der Waals surface area (Å²) in [5.41, 5.74) is 2.70. The lowest BCUT2D eigenvalue weighted by atomic mass is 10.1. The van der Waals surface area contributed by atoms with Crippen LogP contribution in [0.15, 0.2) is 54.6 Å². The molecular weight excluding hydrogens is 409 g/mol. The van der Waals surface area contributed by atoms with E-state index in [1.54, 1.807) is 23.9 Å². The molecule has 6 nitrogen and oxygen atoms in total. The maximum atomic E-state index is 13.4. The van der Waals surface area contributed by atoms with Gasteiger partial charge in [0.1, 0.15) is 17.3 Å². The predicted octanol–water partition coefficient (Wildman–Crippen LogP) is 4.63. The van der Waals surface area contributed by atoms with Crippen LogP contribution >= 0.6 is 0 Å². The van der Waals surface area contributed by atoms with Crippen LogP contribution in [0.2, 0.25) is 0 Å². The molecule has 0 radical (unpaired) electrons. The molecule has 1 N–H and O–H groups in total. The Labute approximate surface area is 189 Å². The minimum absolute atomic E-state index is 0.316. The van der Waals surface area contributed by atoms with Crippen LogP contribution in [0.25, 0.3) is 11.3 Å². The fourth-order valence-corrected chi connectivity index (χ4v) is 3.67. The van der Waals surface area contributed by atoms with Crippen molar-refractivity contribution in [3.8, 4) is 22.9 Å². The summed E-state index contributed by atoms with van der Waals surface area (Å²) in [6, 6.07) is 15.9. The van der Waals surface area contributed by atoms with Gasteiger partial charge in [-0.05, 0) is 30.7 Å². The van der Waals surface area contributed by atoms with Crippen molar-refractivity contribution in [3.63, 3.8) is 0 Å². The number of rotatable bonds is 12.